The number of hydroxylamine groups is 1. The summed E-state index contributed by atoms with van der Waals surface area (Å²) in [7, 11) is 0. The van der Waals surface area contributed by atoms with Crippen molar-refractivity contribution in [2.45, 2.75) is 19.1 Å². The van der Waals surface area contributed by atoms with Gasteiger partial charge in [0.05, 0.1) is 14.0 Å². The molecule has 2 aromatic rings. The van der Waals surface area contributed by atoms with Crippen molar-refractivity contribution < 1.29 is 22.6 Å². The monoisotopic (exact) mass is 339 g/mol. The van der Waals surface area contributed by atoms with Crippen LogP contribution in [0, 0.1) is 4.91 Å². The molecule has 0 radical (unpaired) electrons. The van der Waals surface area contributed by atoms with Gasteiger partial charge in [-0.05, 0) is 54.1 Å². The third-order valence-electron chi connectivity index (χ3n) is 3.41. The fourth-order valence-corrected chi connectivity index (χ4v) is 2.23. The van der Waals surface area contributed by atoms with E-state index >= 15 is 0 Å². The molecule has 24 heavy (non-hydrogen) atoms. The highest BCUT2D eigenvalue weighted by molar-refractivity contribution is 5.53. The maximum atomic E-state index is 12.8. The van der Waals surface area contributed by atoms with Gasteiger partial charge in [0.15, 0.2) is 0 Å². The molecule has 7 heteroatoms. The molecule has 0 aliphatic heterocycles. The van der Waals surface area contributed by atoms with Crippen LogP contribution in [0.2, 0.25) is 1.43 Å². The Morgan fingerprint density at radius 3 is 2.33 bits per heavy atom. The van der Waals surface area contributed by atoms with Crippen LogP contribution in [0.1, 0.15) is 26.8 Å². The van der Waals surface area contributed by atoms with Gasteiger partial charge in [0.1, 0.15) is 11.7 Å². The van der Waals surface area contributed by atoms with Gasteiger partial charge in [0.2, 0.25) is 1.43 Å². The van der Waals surface area contributed by atoms with E-state index in [9.17, 15) is 18.1 Å². The average Bonchev–Trinajstić information content (AvgIpc) is 2.65. The van der Waals surface area contributed by atoms with Gasteiger partial charge in [-0.15, -0.1) is 4.91 Å². The van der Waals surface area contributed by atoms with E-state index in [1.807, 2.05) is 0 Å². The maximum absolute atomic E-state index is 12.8. The Bertz CT molecular complexity index is 821. The molecule has 1 atom stereocenters. The second-order valence-electron chi connectivity index (χ2n) is 5.14. The van der Waals surface area contributed by atoms with E-state index < -0.39 is 24.3 Å². The van der Waals surface area contributed by atoms with Gasteiger partial charge < -0.3 is 0 Å². The molecule has 0 heterocycles. The van der Waals surface area contributed by atoms with Crippen LogP contribution < -0.4 is 5.06 Å². The molecule has 0 aliphatic carbocycles. The summed E-state index contributed by atoms with van der Waals surface area (Å²) in [5.74, 6) is 0. The molecular formula is C17H15F3N2O2. The van der Waals surface area contributed by atoms with Gasteiger partial charge in [-0.1, -0.05) is 24.2 Å². The summed E-state index contributed by atoms with van der Waals surface area (Å²) >= 11 is 0. The van der Waals surface area contributed by atoms with Crippen molar-refractivity contribution in [3.05, 3.63) is 76.7 Å². The van der Waals surface area contributed by atoms with Gasteiger partial charge in [0.25, 0.3) is 0 Å². The molecule has 1 unspecified atom stereocenters. The highest BCUT2D eigenvalue weighted by atomic mass is 19.4. The van der Waals surface area contributed by atoms with Crippen LogP contribution in [-0.2, 0) is 6.18 Å². The van der Waals surface area contributed by atoms with Gasteiger partial charge in [0, 0.05) is 0 Å². The van der Waals surface area contributed by atoms with E-state index in [2.05, 4.69) is 10.4 Å². The minimum absolute atomic E-state index is 0.142. The first-order valence-corrected chi connectivity index (χ1v) is 6.86. The number of benzene rings is 2. The lowest BCUT2D eigenvalue weighted by Crippen LogP contribution is -2.25. The fraction of sp³-hybridized carbons (Fsp3) is 0.176. The van der Waals surface area contributed by atoms with Crippen molar-refractivity contribution in [1.29, 1.82) is 0 Å². The van der Waals surface area contributed by atoms with Gasteiger partial charge in [-0.2, -0.15) is 13.2 Å². The van der Waals surface area contributed by atoms with Crippen molar-refractivity contribution in [2.24, 2.45) is 5.18 Å². The topological polar surface area (TPSA) is 52.9 Å². The summed E-state index contributed by atoms with van der Waals surface area (Å²) in [5, 5.41) is 8.43. The van der Waals surface area contributed by atoms with Crippen LogP contribution in [0.15, 0.2) is 65.8 Å². The molecule has 0 bridgehead atoms. The summed E-state index contributed by atoms with van der Waals surface area (Å²) in [6, 6.07) is 8.78. The molecule has 0 spiro atoms. The minimum Gasteiger partial charge on any atom is -0.288 e. The van der Waals surface area contributed by atoms with Gasteiger partial charge in [-0.3, -0.25) is 5.21 Å². The molecule has 0 amide bonds. The fourth-order valence-electron chi connectivity index (χ4n) is 2.23. The van der Waals surface area contributed by atoms with Gasteiger partial charge in [-0.25, -0.2) is 5.06 Å². The summed E-state index contributed by atoms with van der Waals surface area (Å²) in [5.41, 5.74) is 0.0388. The second kappa shape index (κ2) is 6.84. The zero-order valence-corrected chi connectivity index (χ0v) is 12.5. The van der Waals surface area contributed by atoms with E-state index in [1.54, 1.807) is 0 Å². The van der Waals surface area contributed by atoms with Crippen LogP contribution in [0.5, 0.6) is 0 Å². The Balaban J connectivity index is 2.52. The Labute approximate surface area is 141 Å². The van der Waals surface area contributed by atoms with E-state index in [-0.39, 0.29) is 11.3 Å². The van der Waals surface area contributed by atoms with Crippen LogP contribution in [0.4, 0.5) is 24.5 Å². The summed E-state index contributed by atoms with van der Waals surface area (Å²) in [4.78, 5) is 10.5. The Morgan fingerprint density at radius 1 is 1.25 bits per heavy atom. The number of halogens is 3. The first-order valence-electron chi connectivity index (χ1n) is 8.27. The van der Waals surface area contributed by atoms with E-state index in [1.165, 1.54) is 43.3 Å². The molecule has 0 fully saturated rings. The normalized spacial score (nSPS) is 14.1. The highest BCUT2D eigenvalue weighted by Crippen LogP contribution is 2.34. The number of anilines is 1. The molecule has 4 nitrogen and oxygen atoms in total. The molecule has 0 aromatic heterocycles. The second-order valence-corrected chi connectivity index (χ2v) is 5.14. The van der Waals surface area contributed by atoms with E-state index in [0.29, 0.717) is 11.3 Å². The van der Waals surface area contributed by atoms with Gasteiger partial charge >= 0.3 is 6.18 Å². The number of nitroso groups, excluding NO2 is 1. The van der Waals surface area contributed by atoms with Crippen molar-refractivity contribution in [2.75, 3.05) is 5.06 Å². The summed E-state index contributed by atoms with van der Waals surface area (Å²) in [6.07, 6.45) is -4.50. The lowest BCUT2D eigenvalue weighted by molar-refractivity contribution is -0.137. The van der Waals surface area contributed by atoms with Crippen LogP contribution in [0.3, 0.4) is 0 Å². The number of alkyl halides is 3. The van der Waals surface area contributed by atoms with Crippen LogP contribution in [-0.4, -0.2) is 5.21 Å². The number of rotatable bonds is 6. The molecule has 2 aromatic carbocycles. The predicted molar refractivity (Wildman–Crippen MR) is 85.2 cm³/mol. The molecule has 0 saturated heterocycles. The molecule has 2 rings (SSSR count). The van der Waals surface area contributed by atoms with Crippen LogP contribution in [0.25, 0.3) is 0 Å². The van der Waals surface area contributed by atoms with Crippen molar-refractivity contribution in [3.8, 4) is 0 Å². The number of hydrogen-bond acceptors (Lipinski definition) is 4. The third kappa shape index (κ3) is 3.80. The Kier molecular flexibility index (Phi) is 3.91. The number of hydrogen-bond donors (Lipinski definition) is 1. The van der Waals surface area contributed by atoms with E-state index in [4.69, 9.17) is 4.17 Å². The molecule has 126 valence electrons. The first-order chi connectivity index (χ1) is 12.7. The largest absolute Gasteiger partial charge is 0.416 e. The third-order valence-corrected chi connectivity index (χ3v) is 3.41. The first kappa shape index (κ1) is 13.7. The molecule has 0 saturated carbocycles. The number of nitrogens with zero attached hydrogens (tertiary/aromatic N) is 2. The minimum atomic E-state index is -4.50. The Morgan fingerprint density at radius 2 is 1.88 bits per heavy atom. The maximum Gasteiger partial charge on any atom is 0.416 e. The standard InChI is InChI=1S/C17H15F3N2O2/c1-11(2)16(12-3-5-13(6-4-12)17(18,19)20)22(24)15-9-7-14(21-23)8-10-15/h3-10,16,24H,1H2,2H3/i1D2,24D. The SMILES string of the molecule is [2H]ON(c1ccc(N=O)cc1)C(C(C)=C([2H])[2H])c1ccc(C(F)(F)F)cc1. The molecule has 0 aliphatic rings. The molecule has 1 N–H and O–H groups in total. The summed E-state index contributed by atoms with van der Waals surface area (Å²) < 4.78 is 60.9. The van der Waals surface area contributed by atoms with Crippen molar-refractivity contribution in [1.82, 2.24) is 0 Å². The van der Waals surface area contributed by atoms with Crippen molar-refractivity contribution in [3.63, 3.8) is 0 Å². The average molecular weight is 339 g/mol. The van der Waals surface area contributed by atoms with Crippen LogP contribution >= 0.6 is 0 Å². The molecular weight excluding hydrogens is 321 g/mol. The Hall–Kier alpha value is -2.67. The lowest BCUT2D eigenvalue weighted by Gasteiger charge is -2.28. The van der Waals surface area contributed by atoms with E-state index in [0.717, 1.165) is 17.2 Å². The zero-order chi connectivity index (χ0) is 20.2. The lowest BCUT2D eigenvalue weighted by atomic mass is 9.98. The predicted octanol–water partition coefficient (Wildman–Crippen LogP) is 5.62. The summed E-state index contributed by atoms with van der Waals surface area (Å²) in [6.45, 7) is 0.888. The smallest absolute Gasteiger partial charge is 0.288 e. The zero-order valence-electron chi connectivity index (χ0n) is 15.5. The quantitative estimate of drug-likeness (QED) is 0.422. The van der Waals surface area contributed by atoms with Crippen molar-refractivity contribution >= 4 is 11.4 Å². The highest BCUT2D eigenvalue weighted by Gasteiger charge is 2.30.